The molecule has 0 saturated heterocycles. The summed E-state index contributed by atoms with van der Waals surface area (Å²) in [6, 6.07) is 4.79. The summed E-state index contributed by atoms with van der Waals surface area (Å²) in [6.45, 7) is 0.619. The standard InChI is InChI=1S/C15H21BrN2O5S/c16-13-6-7-15(18(19)20)14(9-13)17-10-12(11-4-5-11)3-1-2-8-24(21,22)23/h6-7,9,11-12,17H,1-5,8,10H2,(H,21,22,23). The van der Waals surface area contributed by atoms with Crippen molar-refractivity contribution in [1.82, 2.24) is 0 Å². The van der Waals surface area contributed by atoms with Crippen LogP contribution in [0.3, 0.4) is 0 Å². The van der Waals surface area contributed by atoms with E-state index in [4.69, 9.17) is 4.55 Å². The molecule has 1 aromatic carbocycles. The number of nitro benzene ring substituents is 1. The molecule has 0 aromatic heterocycles. The van der Waals surface area contributed by atoms with Gasteiger partial charge in [0.15, 0.2) is 0 Å². The minimum atomic E-state index is -3.90. The van der Waals surface area contributed by atoms with Crippen LogP contribution in [0, 0.1) is 22.0 Å². The molecule has 1 aliphatic carbocycles. The summed E-state index contributed by atoms with van der Waals surface area (Å²) in [7, 11) is -3.90. The third-order valence-electron chi connectivity index (χ3n) is 4.23. The molecule has 1 aliphatic rings. The summed E-state index contributed by atoms with van der Waals surface area (Å²) < 4.78 is 31.0. The number of hydrogen-bond donors (Lipinski definition) is 2. The Morgan fingerprint density at radius 2 is 2.08 bits per heavy atom. The molecule has 1 fully saturated rings. The van der Waals surface area contributed by atoms with Crippen LogP contribution in [-0.2, 0) is 10.1 Å². The third kappa shape index (κ3) is 6.37. The fourth-order valence-corrected chi connectivity index (χ4v) is 3.74. The third-order valence-corrected chi connectivity index (χ3v) is 5.52. The molecular formula is C15H21BrN2O5S. The average Bonchev–Trinajstić information content (AvgIpc) is 3.29. The largest absolute Gasteiger partial charge is 0.379 e. The van der Waals surface area contributed by atoms with Crippen molar-refractivity contribution >= 4 is 37.4 Å². The predicted octanol–water partition coefficient (Wildman–Crippen LogP) is 3.85. The molecule has 0 bridgehead atoms. The van der Waals surface area contributed by atoms with Gasteiger partial charge in [0, 0.05) is 17.1 Å². The number of halogens is 1. The molecule has 9 heteroatoms. The first-order valence-electron chi connectivity index (χ1n) is 7.89. The van der Waals surface area contributed by atoms with Gasteiger partial charge in [0.05, 0.1) is 10.7 Å². The molecule has 0 aliphatic heterocycles. The van der Waals surface area contributed by atoms with Crippen molar-refractivity contribution in [3.63, 3.8) is 0 Å². The minimum absolute atomic E-state index is 0.0409. The van der Waals surface area contributed by atoms with Gasteiger partial charge in [-0.05, 0) is 49.7 Å². The quantitative estimate of drug-likeness (QED) is 0.257. The lowest BCUT2D eigenvalue weighted by atomic mass is 9.96. The Balaban J connectivity index is 1.90. The summed E-state index contributed by atoms with van der Waals surface area (Å²) in [5, 5.41) is 14.3. The van der Waals surface area contributed by atoms with Crippen molar-refractivity contribution in [3.05, 3.63) is 32.8 Å². The molecule has 1 atom stereocenters. The first-order chi connectivity index (χ1) is 11.3. The zero-order chi connectivity index (χ0) is 17.7. The van der Waals surface area contributed by atoms with E-state index >= 15 is 0 Å². The molecule has 2 N–H and O–H groups in total. The first kappa shape index (κ1) is 19.1. The van der Waals surface area contributed by atoms with Gasteiger partial charge < -0.3 is 5.32 Å². The second-order valence-electron chi connectivity index (χ2n) is 6.18. The van der Waals surface area contributed by atoms with Gasteiger partial charge in [-0.2, -0.15) is 8.42 Å². The van der Waals surface area contributed by atoms with E-state index in [1.807, 2.05) is 0 Å². The second-order valence-corrected chi connectivity index (χ2v) is 8.67. The van der Waals surface area contributed by atoms with Gasteiger partial charge in [0.2, 0.25) is 0 Å². The fourth-order valence-electron chi connectivity index (χ4n) is 2.81. The van der Waals surface area contributed by atoms with E-state index in [-0.39, 0.29) is 11.4 Å². The molecule has 2 rings (SSSR count). The number of nitrogens with zero attached hydrogens (tertiary/aromatic N) is 1. The van der Waals surface area contributed by atoms with Crippen molar-refractivity contribution in [2.45, 2.75) is 32.1 Å². The Labute approximate surface area is 149 Å². The maximum atomic E-state index is 11.1. The van der Waals surface area contributed by atoms with Crippen LogP contribution in [0.1, 0.15) is 32.1 Å². The van der Waals surface area contributed by atoms with Gasteiger partial charge >= 0.3 is 0 Å². The monoisotopic (exact) mass is 420 g/mol. The molecule has 0 radical (unpaired) electrons. The Bertz CT molecular complexity index is 691. The van der Waals surface area contributed by atoms with Gasteiger partial charge in [0.1, 0.15) is 5.69 Å². The predicted molar refractivity (Wildman–Crippen MR) is 95.8 cm³/mol. The number of hydrogen-bond acceptors (Lipinski definition) is 5. The molecule has 7 nitrogen and oxygen atoms in total. The lowest BCUT2D eigenvalue weighted by molar-refractivity contribution is -0.384. The number of anilines is 1. The smallest absolute Gasteiger partial charge is 0.292 e. The van der Waals surface area contributed by atoms with Crippen LogP contribution in [0.4, 0.5) is 11.4 Å². The fraction of sp³-hybridized carbons (Fsp3) is 0.600. The zero-order valence-corrected chi connectivity index (χ0v) is 15.6. The molecule has 134 valence electrons. The van der Waals surface area contributed by atoms with E-state index in [1.54, 1.807) is 12.1 Å². The lowest BCUT2D eigenvalue weighted by Crippen LogP contribution is -2.17. The van der Waals surface area contributed by atoms with Gasteiger partial charge in [-0.1, -0.05) is 22.4 Å². The van der Waals surface area contributed by atoms with Crippen molar-refractivity contribution in [2.24, 2.45) is 11.8 Å². The zero-order valence-electron chi connectivity index (χ0n) is 13.2. The summed E-state index contributed by atoms with van der Waals surface area (Å²) in [4.78, 5) is 10.7. The number of rotatable bonds is 10. The van der Waals surface area contributed by atoms with Crippen molar-refractivity contribution in [1.29, 1.82) is 0 Å². The molecule has 0 amide bonds. The highest BCUT2D eigenvalue weighted by molar-refractivity contribution is 9.10. The summed E-state index contributed by atoms with van der Waals surface area (Å²) >= 11 is 3.32. The summed E-state index contributed by atoms with van der Waals surface area (Å²) in [5.74, 6) is 0.731. The number of nitro groups is 1. The van der Waals surface area contributed by atoms with Crippen LogP contribution < -0.4 is 5.32 Å². The maximum Gasteiger partial charge on any atom is 0.292 e. The summed E-state index contributed by atoms with van der Waals surface area (Å²) in [5.41, 5.74) is 0.525. The molecular weight excluding hydrogens is 400 g/mol. The van der Waals surface area contributed by atoms with E-state index in [0.29, 0.717) is 36.9 Å². The van der Waals surface area contributed by atoms with Gasteiger partial charge in [-0.15, -0.1) is 0 Å². The Hall–Kier alpha value is -1.19. The lowest BCUT2D eigenvalue weighted by Gasteiger charge is -2.18. The van der Waals surface area contributed by atoms with Crippen LogP contribution in [0.2, 0.25) is 0 Å². The number of nitrogens with one attached hydrogen (secondary N) is 1. The van der Waals surface area contributed by atoms with Crippen LogP contribution in [0.25, 0.3) is 0 Å². The molecule has 0 heterocycles. The maximum absolute atomic E-state index is 11.1. The summed E-state index contributed by atoms with van der Waals surface area (Å²) in [6.07, 6.45) is 4.27. The van der Waals surface area contributed by atoms with E-state index in [1.165, 1.54) is 6.07 Å². The van der Waals surface area contributed by atoms with Crippen molar-refractivity contribution in [3.8, 4) is 0 Å². The molecule has 1 aromatic rings. The van der Waals surface area contributed by atoms with E-state index in [9.17, 15) is 18.5 Å². The molecule has 1 saturated carbocycles. The highest BCUT2D eigenvalue weighted by Crippen LogP contribution is 2.40. The van der Waals surface area contributed by atoms with E-state index in [2.05, 4.69) is 21.2 Å². The Morgan fingerprint density at radius 1 is 1.38 bits per heavy atom. The van der Waals surface area contributed by atoms with Crippen molar-refractivity contribution < 1.29 is 17.9 Å². The van der Waals surface area contributed by atoms with E-state index in [0.717, 1.165) is 23.7 Å². The van der Waals surface area contributed by atoms with Crippen LogP contribution >= 0.6 is 15.9 Å². The highest BCUT2D eigenvalue weighted by Gasteiger charge is 2.31. The molecule has 24 heavy (non-hydrogen) atoms. The minimum Gasteiger partial charge on any atom is -0.379 e. The number of benzene rings is 1. The number of unbranched alkanes of at least 4 members (excludes halogenated alkanes) is 1. The van der Waals surface area contributed by atoms with Gasteiger partial charge in [0.25, 0.3) is 15.8 Å². The van der Waals surface area contributed by atoms with E-state index < -0.39 is 15.0 Å². The second kappa shape index (κ2) is 8.26. The van der Waals surface area contributed by atoms with Gasteiger partial charge in [-0.3, -0.25) is 14.7 Å². The SMILES string of the molecule is O=[N+]([O-])c1ccc(Br)cc1NCC(CCCCS(=O)(=O)O)C1CC1. The van der Waals surface area contributed by atoms with Crippen LogP contribution in [0.5, 0.6) is 0 Å². The molecule has 0 spiro atoms. The van der Waals surface area contributed by atoms with Crippen molar-refractivity contribution in [2.75, 3.05) is 17.6 Å². The van der Waals surface area contributed by atoms with Crippen LogP contribution in [-0.4, -0.2) is 30.2 Å². The topological polar surface area (TPSA) is 110 Å². The average molecular weight is 421 g/mol. The normalized spacial score (nSPS) is 15.9. The van der Waals surface area contributed by atoms with Crippen LogP contribution in [0.15, 0.2) is 22.7 Å². The van der Waals surface area contributed by atoms with Gasteiger partial charge in [-0.25, -0.2) is 0 Å². The molecule has 1 unspecified atom stereocenters. The Morgan fingerprint density at radius 3 is 2.67 bits per heavy atom. The highest BCUT2D eigenvalue weighted by atomic mass is 79.9. The Kier molecular flexibility index (Phi) is 6.59. The first-order valence-corrected chi connectivity index (χ1v) is 10.3.